The lowest BCUT2D eigenvalue weighted by molar-refractivity contribution is 0.284. The molecule has 0 amide bonds. The molecule has 140 valence electrons. The lowest BCUT2D eigenvalue weighted by atomic mass is 10.2. The smallest absolute Gasteiger partial charge is 0.205 e. The number of anilines is 2. The summed E-state index contributed by atoms with van der Waals surface area (Å²) in [6, 6.07) is 10.9. The minimum Gasteiger partial charge on any atom is -0.493 e. The van der Waals surface area contributed by atoms with Gasteiger partial charge in [-0.05, 0) is 12.1 Å². The van der Waals surface area contributed by atoms with E-state index in [1.54, 1.807) is 30.8 Å². The quantitative estimate of drug-likeness (QED) is 0.410. The summed E-state index contributed by atoms with van der Waals surface area (Å²) in [7, 11) is 1.56. The van der Waals surface area contributed by atoms with Crippen LogP contribution < -0.4 is 20.6 Å². The fraction of sp³-hybridized carbons (Fsp3) is 0.111. The summed E-state index contributed by atoms with van der Waals surface area (Å²) in [6.45, 7) is 0.298. The highest BCUT2D eigenvalue weighted by Gasteiger charge is 2.11. The van der Waals surface area contributed by atoms with Crippen molar-refractivity contribution in [3.05, 3.63) is 63.0 Å². The van der Waals surface area contributed by atoms with Gasteiger partial charge in [-0.25, -0.2) is 4.98 Å². The Kier molecular flexibility index (Phi) is 6.39. The molecule has 27 heavy (non-hydrogen) atoms. The van der Waals surface area contributed by atoms with E-state index in [0.29, 0.717) is 44.7 Å². The molecule has 0 saturated heterocycles. The van der Waals surface area contributed by atoms with Crippen molar-refractivity contribution in [2.45, 2.75) is 6.61 Å². The second kappa shape index (κ2) is 8.94. The zero-order chi connectivity index (χ0) is 19.2. The zero-order valence-electron chi connectivity index (χ0n) is 14.3. The number of thiazole rings is 1. The molecule has 0 atom stereocenters. The fourth-order valence-corrected chi connectivity index (χ4v) is 3.13. The highest BCUT2D eigenvalue weighted by atomic mass is 35.5. The lowest BCUT2D eigenvalue weighted by Gasteiger charge is -2.13. The summed E-state index contributed by atoms with van der Waals surface area (Å²) < 4.78 is 11.2. The summed E-state index contributed by atoms with van der Waals surface area (Å²) in [5.41, 5.74) is 9.90. The molecule has 6 nitrogen and oxygen atoms in total. The Morgan fingerprint density at radius 3 is 2.74 bits per heavy atom. The molecule has 3 aromatic rings. The van der Waals surface area contributed by atoms with Gasteiger partial charge in [-0.15, -0.1) is 11.3 Å². The molecule has 2 aromatic carbocycles. The van der Waals surface area contributed by atoms with Crippen molar-refractivity contribution in [3.8, 4) is 11.5 Å². The first kappa shape index (κ1) is 19.3. The molecular formula is C18H16Cl2N4O2S. The first-order chi connectivity index (χ1) is 13.1. The van der Waals surface area contributed by atoms with E-state index in [-0.39, 0.29) is 0 Å². The van der Waals surface area contributed by atoms with Crippen molar-refractivity contribution >= 4 is 51.7 Å². The van der Waals surface area contributed by atoms with Gasteiger partial charge in [-0.1, -0.05) is 41.4 Å². The largest absolute Gasteiger partial charge is 0.493 e. The maximum absolute atomic E-state index is 6.34. The Bertz CT molecular complexity index is 962. The van der Waals surface area contributed by atoms with E-state index in [1.807, 2.05) is 24.3 Å². The monoisotopic (exact) mass is 422 g/mol. The van der Waals surface area contributed by atoms with Crippen LogP contribution in [-0.4, -0.2) is 18.3 Å². The van der Waals surface area contributed by atoms with E-state index in [4.69, 9.17) is 38.4 Å². The minimum absolute atomic E-state index is 0.298. The number of benzene rings is 2. The molecule has 1 aromatic heterocycles. The van der Waals surface area contributed by atoms with Crippen LogP contribution >= 0.6 is 34.5 Å². The highest BCUT2D eigenvalue weighted by molar-refractivity contribution is 7.14. The predicted octanol–water partition coefficient (Wildman–Crippen LogP) is 5.07. The number of nitrogens with two attached hydrogens (primary N) is 1. The molecule has 0 radical (unpaired) electrons. The van der Waals surface area contributed by atoms with Crippen molar-refractivity contribution in [2.75, 3.05) is 18.3 Å². The number of nitrogens with one attached hydrogen (secondary N) is 1. The van der Waals surface area contributed by atoms with Crippen LogP contribution in [0.25, 0.3) is 0 Å². The molecule has 3 N–H and O–H groups in total. The van der Waals surface area contributed by atoms with Gasteiger partial charge in [0.15, 0.2) is 11.5 Å². The van der Waals surface area contributed by atoms with Crippen molar-refractivity contribution in [1.29, 1.82) is 0 Å². The number of hydrazone groups is 1. The van der Waals surface area contributed by atoms with E-state index in [1.165, 1.54) is 11.3 Å². The van der Waals surface area contributed by atoms with Gasteiger partial charge in [0.1, 0.15) is 12.4 Å². The molecule has 0 saturated carbocycles. The minimum atomic E-state index is 0.298. The zero-order valence-corrected chi connectivity index (χ0v) is 16.6. The average molecular weight is 423 g/mol. The Balaban J connectivity index is 1.73. The van der Waals surface area contributed by atoms with E-state index in [0.717, 1.165) is 5.56 Å². The number of methoxy groups -OCH3 is 1. The lowest BCUT2D eigenvalue weighted by Crippen LogP contribution is -2.00. The number of nitrogens with zero attached hydrogens (tertiary/aromatic N) is 2. The fourth-order valence-electron chi connectivity index (χ4n) is 2.19. The standard InChI is InChI=1S/C18H16Cl2N4O2S/c1-25-15-6-12(8-22-24-18-23-17(21)10-27-18)14(20)7-16(15)26-9-11-4-2-3-5-13(11)19/h2-8,10H,9,21H2,1H3,(H,23,24). The number of aromatic nitrogens is 1. The topological polar surface area (TPSA) is 81.8 Å². The molecule has 0 aliphatic carbocycles. The van der Waals surface area contributed by atoms with Crippen molar-refractivity contribution in [2.24, 2.45) is 5.10 Å². The Labute approximate surface area is 170 Å². The van der Waals surface area contributed by atoms with Crippen LogP contribution in [0.2, 0.25) is 10.0 Å². The van der Waals surface area contributed by atoms with Gasteiger partial charge < -0.3 is 15.2 Å². The molecule has 0 spiro atoms. The Hall–Kier alpha value is -2.48. The third-order valence-electron chi connectivity index (χ3n) is 3.51. The molecule has 9 heteroatoms. The van der Waals surface area contributed by atoms with Gasteiger partial charge in [-0.3, -0.25) is 5.43 Å². The summed E-state index contributed by atoms with van der Waals surface area (Å²) >= 11 is 13.9. The van der Waals surface area contributed by atoms with Crippen LogP contribution in [0.1, 0.15) is 11.1 Å². The summed E-state index contributed by atoms with van der Waals surface area (Å²) in [5.74, 6) is 1.49. The van der Waals surface area contributed by atoms with E-state index >= 15 is 0 Å². The molecule has 1 heterocycles. The molecular weight excluding hydrogens is 407 g/mol. The van der Waals surface area contributed by atoms with Gasteiger partial charge in [-0.2, -0.15) is 5.10 Å². The van der Waals surface area contributed by atoms with Gasteiger partial charge in [0.25, 0.3) is 0 Å². The van der Waals surface area contributed by atoms with Crippen LogP contribution in [0.15, 0.2) is 46.9 Å². The van der Waals surface area contributed by atoms with E-state index in [2.05, 4.69) is 15.5 Å². The van der Waals surface area contributed by atoms with Gasteiger partial charge in [0.2, 0.25) is 5.13 Å². The van der Waals surface area contributed by atoms with Crippen molar-refractivity contribution in [3.63, 3.8) is 0 Å². The summed E-state index contributed by atoms with van der Waals surface area (Å²) in [4.78, 5) is 4.06. The Morgan fingerprint density at radius 2 is 2.04 bits per heavy atom. The van der Waals surface area contributed by atoms with Crippen LogP contribution in [0, 0.1) is 0 Å². The van der Waals surface area contributed by atoms with E-state index in [9.17, 15) is 0 Å². The van der Waals surface area contributed by atoms with Crippen LogP contribution in [0.4, 0.5) is 10.9 Å². The maximum atomic E-state index is 6.34. The molecule has 0 fully saturated rings. The first-order valence-electron chi connectivity index (χ1n) is 7.80. The number of halogens is 2. The molecule has 0 unspecified atom stereocenters. The van der Waals surface area contributed by atoms with E-state index < -0.39 is 0 Å². The molecule has 0 bridgehead atoms. The first-order valence-corrected chi connectivity index (χ1v) is 9.44. The van der Waals surface area contributed by atoms with Crippen LogP contribution in [0.3, 0.4) is 0 Å². The second-order valence-corrected chi connectivity index (χ2v) is 7.02. The second-order valence-electron chi connectivity index (χ2n) is 5.35. The summed E-state index contributed by atoms with van der Waals surface area (Å²) in [6.07, 6.45) is 1.57. The van der Waals surface area contributed by atoms with Crippen LogP contribution in [0.5, 0.6) is 11.5 Å². The van der Waals surface area contributed by atoms with Gasteiger partial charge in [0.05, 0.1) is 18.3 Å². The third-order valence-corrected chi connectivity index (χ3v) is 4.97. The molecule has 3 rings (SSSR count). The van der Waals surface area contributed by atoms with Crippen molar-refractivity contribution < 1.29 is 9.47 Å². The third kappa shape index (κ3) is 5.03. The number of ether oxygens (including phenoxy) is 2. The number of hydrogen-bond acceptors (Lipinski definition) is 7. The normalized spacial score (nSPS) is 10.9. The number of nitrogen functional groups attached to an aromatic ring is 1. The predicted molar refractivity (Wildman–Crippen MR) is 112 cm³/mol. The number of rotatable bonds is 7. The Morgan fingerprint density at radius 1 is 1.22 bits per heavy atom. The van der Waals surface area contributed by atoms with Crippen LogP contribution in [-0.2, 0) is 6.61 Å². The average Bonchev–Trinajstić information content (AvgIpc) is 3.07. The molecule has 0 aliphatic heterocycles. The van der Waals surface area contributed by atoms with Gasteiger partial charge >= 0.3 is 0 Å². The SMILES string of the molecule is COc1cc(C=NNc2nc(N)cs2)c(Cl)cc1OCc1ccccc1Cl. The maximum Gasteiger partial charge on any atom is 0.205 e. The number of hydrogen-bond donors (Lipinski definition) is 2. The highest BCUT2D eigenvalue weighted by Crippen LogP contribution is 2.33. The summed E-state index contributed by atoms with van der Waals surface area (Å²) in [5, 5.41) is 7.53. The van der Waals surface area contributed by atoms with Gasteiger partial charge in [0, 0.05) is 27.6 Å². The molecule has 0 aliphatic rings. The van der Waals surface area contributed by atoms with Crippen molar-refractivity contribution in [1.82, 2.24) is 4.98 Å².